The average Bonchev–Trinajstić information content (AvgIpc) is 3.74. The first-order valence-corrected chi connectivity index (χ1v) is 16.3. The number of carboxylic acid groups (broad SMARTS) is 1. The molecule has 1 atom stereocenters. The smallest absolute Gasteiger partial charge is 0.370 e. The third-order valence-electron chi connectivity index (χ3n) is 8.95. The molecule has 47 heavy (non-hydrogen) atoms. The number of carboxylic acids is 1. The predicted octanol–water partition coefficient (Wildman–Crippen LogP) is 8.61. The van der Waals surface area contributed by atoms with Crippen molar-refractivity contribution in [2.45, 2.75) is 25.3 Å². The van der Waals surface area contributed by atoms with Gasteiger partial charge in [-0.15, -0.1) is 0 Å². The zero-order valence-corrected chi connectivity index (χ0v) is 26.5. The van der Waals surface area contributed by atoms with E-state index in [1.54, 1.807) is 11.3 Å². The molecule has 4 aromatic carbocycles. The molecule has 0 saturated heterocycles. The van der Waals surface area contributed by atoms with Gasteiger partial charge in [-0.2, -0.15) is 4.57 Å². The van der Waals surface area contributed by atoms with Crippen molar-refractivity contribution in [3.8, 4) is 11.4 Å². The molecule has 1 N–H and O–H groups in total. The van der Waals surface area contributed by atoms with Crippen LogP contribution in [0.3, 0.4) is 0 Å². The standard InChI is InChI=1S/C39H30FN3O3S/c1-41-34-23-31(42-17-16-28-6-2-3-7-32(28)42)14-15-35(34)46-37(41)21-25-18-26(20-29(19-25)27-10-12-30(40)13-11-27)22-38-43(24-39(44)45)33-8-4-5-9-36(33)47-38/h2-18,21-23,29H,19-20,24H2,1H3/p+1. The fraction of sp³-hybridized carbons (Fsp3) is 0.128. The maximum Gasteiger partial charge on any atom is 0.370 e. The van der Waals surface area contributed by atoms with Crippen LogP contribution in [0.15, 0.2) is 132 Å². The van der Waals surface area contributed by atoms with Crippen molar-refractivity contribution < 1.29 is 23.6 Å². The Balaban J connectivity index is 1.16. The van der Waals surface area contributed by atoms with Crippen LogP contribution in [-0.4, -0.2) is 22.7 Å². The van der Waals surface area contributed by atoms with Crippen LogP contribution in [-0.2, 0) is 11.3 Å². The minimum absolute atomic E-state index is 0.115. The number of hydrogen-bond donors (Lipinski definition) is 1. The Bertz CT molecular complexity index is 2280. The van der Waals surface area contributed by atoms with Gasteiger partial charge < -0.3 is 19.3 Å². The SMILES string of the molecule is CN1C(=CC2=CC(=Cc3sc4ccccc4[n+]3CC(=O)O)CC(c3ccc(F)cc3)C2)Oc2ccc(-n3ccc4ccccc43)cc21. The first-order chi connectivity index (χ1) is 22.9. The predicted molar refractivity (Wildman–Crippen MR) is 184 cm³/mol. The molecular weight excluding hydrogens is 610 g/mol. The third-order valence-corrected chi connectivity index (χ3v) is 10.1. The second-order valence-electron chi connectivity index (χ2n) is 12.0. The highest BCUT2D eigenvalue weighted by Gasteiger charge is 2.28. The molecule has 8 heteroatoms. The molecule has 0 bridgehead atoms. The maximum atomic E-state index is 13.9. The summed E-state index contributed by atoms with van der Waals surface area (Å²) >= 11 is 1.58. The van der Waals surface area contributed by atoms with E-state index in [1.165, 1.54) is 17.5 Å². The Hall–Kier alpha value is -5.47. The number of anilines is 1. The van der Waals surface area contributed by atoms with E-state index < -0.39 is 5.97 Å². The van der Waals surface area contributed by atoms with Crippen molar-refractivity contribution in [3.63, 3.8) is 0 Å². The van der Waals surface area contributed by atoms with Gasteiger partial charge in [0.1, 0.15) is 10.5 Å². The molecule has 0 radical (unpaired) electrons. The largest absolute Gasteiger partial charge is 0.477 e. The summed E-state index contributed by atoms with van der Waals surface area (Å²) in [5.74, 6) is 0.484. The topological polar surface area (TPSA) is 58.6 Å². The van der Waals surface area contributed by atoms with E-state index in [0.717, 1.165) is 73.3 Å². The van der Waals surface area contributed by atoms with Crippen LogP contribution in [0.5, 0.6) is 5.75 Å². The summed E-state index contributed by atoms with van der Waals surface area (Å²) in [5, 5.41) is 11.8. The fourth-order valence-corrected chi connectivity index (χ4v) is 7.82. The van der Waals surface area contributed by atoms with Crippen molar-refractivity contribution in [2.24, 2.45) is 0 Å². The summed E-state index contributed by atoms with van der Waals surface area (Å²) in [7, 11) is 2.01. The number of aromatic nitrogens is 2. The van der Waals surface area contributed by atoms with Crippen molar-refractivity contribution in [1.29, 1.82) is 0 Å². The van der Waals surface area contributed by atoms with Gasteiger partial charge in [-0.1, -0.05) is 59.9 Å². The highest BCUT2D eigenvalue weighted by atomic mass is 32.1. The summed E-state index contributed by atoms with van der Waals surface area (Å²) < 4.78 is 25.3. The number of fused-ring (bicyclic) bond motifs is 3. The zero-order chi connectivity index (χ0) is 32.1. The number of hydrogen-bond acceptors (Lipinski definition) is 4. The van der Waals surface area contributed by atoms with Crippen molar-refractivity contribution in [2.75, 3.05) is 11.9 Å². The Morgan fingerprint density at radius 2 is 1.81 bits per heavy atom. The lowest BCUT2D eigenvalue weighted by Crippen LogP contribution is -2.39. The number of halogens is 1. The van der Waals surface area contributed by atoms with Gasteiger partial charge in [0.05, 0.1) is 11.2 Å². The number of allylic oxidation sites excluding steroid dienone is 4. The van der Waals surface area contributed by atoms with Crippen molar-refractivity contribution in [1.82, 2.24) is 4.57 Å². The number of para-hydroxylation sites is 2. The Labute approximate surface area is 275 Å². The summed E-state index contributed by atoms with van der Waals surface area (Å²) in [4.78, 5) is 13.9. The van der Waals surface area contributed by atoms with Gasteiger partial charge in [-0.25, -0.2) is 9.18 Å². The molecule has 0 saturated carbocycles. The maximum absolute atomic E-state index is 13.9. The quantitative estimate of drug-likeness (QED) is 0.185. The second-order valence-corrected chi connectivity index (χ2v) is 13.1. The van der Waals surface area contributed by atoms with Gasteiger partial charge in [-0.3, -0.25) is 0 Å². The van der Waals surface area contributed by atoms with E-state index >= 15 is 0 Å². The molecular formula is C39H31FN3O3S+. The van der Waals surface area contributed by atoms with Crippen LogP contribution in [0.1, 0.15) is 29.3 Å². The highest BCUT2D eigenvalue weighted by Crippen LogP contribution is 2.42. The van der Waals surface area contributed by atoms with Gasteiger partial charge in [0.2, 0.25) is 17.9 Å². The first kappa shape index (κ1) is 29.0. The lowest BCUT2D eigenvalue weighted by Gasteiger charge is -2.24. The molecule has 1 aliphatic heterocycles. The van der Waals surface area contributed by atoms with Crippen molar-refractivity contribution >= 4 is 50.2 Å². The monoisotopic (exact) mass is 640 g/mol. The lowest BCUT2D eigenvalue weighted by atomic mass is 9.81. The minimum Gasteiger partial charge on any atom is -0.477 e. The normalized spacial score (nSPS) is 17.8. The fourth-order valence-electron chi connectivity index (χ4n) is 6.68. The summed E-state index contributed by atoms with van der Waals surface area (Å²) in [5.41, 5.74) is 7.29. The number of benzene rings is 4. The minimum atomic E-state index is -0.888. The van der Waals surface area contributed by atoms with E-state index in [2.05, 4.69) is 70.3 Å². The van der Waals surface area contributed by atoms with E-state index in [4.69, 9.17) is 4.74 Å². The third kappa shape index (κ3) is 5.51. The molecule has 3 heterocycles. The van der Waals surface area contributed by atoms with E-state index in [0.29, 0.717) is 0 Å². The van der Waals surface area contributed by atoms with E-state index in [-0.39, 0.29) is 18.3 Å². The molecule has 6 aromatic rings. The number of nitrogens with zero attached hydrogens (tertiary/aromatic N) is 3. The molecule has 0 fully saturated rings. The van der Waals surface area contributed by atoms with Crippen LogP contribution in [0.25, 0.3) is 32.9 Å². The van der Waals surface area contributed by atoms with Gasteiger partial charge in [0, 0.05) is 37.2 Å². The molecule has 6 nitrogen and oxygen atoms in total. The molecule has 8 rings (SSSR count). The molecule has 0 spiro atoms. The number of carbonyl (C=O) groups is 1. The molecule has 2 aromatic heterocycles. The van der Waals surface area contributed by atoms with Crippen LogP contribution in [0.2, 0.25) is 0 Å². The van der Waals surface area contributed by atoms with Gasteiger partial charge >= 0.3 is 5.97 Å². The van der Waals surface area contributed by atoms with E-state index in [1.807, 2.05) is 60.1 Å². The highest BCUT2D eigenvalue weighted by molar-refractivity contribution is 7.18. The number of thiazole rings is 1. The molecule has 232 valence electrons. The summed E-state index contributed by atoms with van der Waals surface area (Å²) in [6.07, 6.45) is 9.95. The number of rotatable bonds is 6. The number of ether oxygens (including phenoxy) is 1. The van der Waals surface area contributed by atoms with Crippen molar-refractivity contribution in [3.05, 3.63) is 149 Å². The van der Waals surface area contributed by atoms with Crippen LogP contribution in [0, 0.1) is 5.82 Å². The number of aliphatic carboxylic acids is 1. The van der Waals surface area contributed by atoms with Crippen LogP contribution < -0.4 is 14.2 Å². The van der Waals surface area contributed by atoms with Gasteiger partial charge in [-0.05, 0) is 89.4 Å². The Morgan fingerprint density at radius 3 is 2.66 bits per heavy atom. The Morgan fingerprint density at radius 1 is 1.00 bits per heavy atom. The summed E-state index contributed by atoms with van der Waals surface area (Å²) in [6, 6.07) is 31.3. The molecule has 0 amide bonds. The van der Waals surface area contributed by atoms with Crippen LogP contribution in [0.4, 0.5) is 10.1 Å². The Kier molecular flexibility index (Phi) is 7.22. The lowest BCUT2D eigenvalue weighted by molar-refractivity contribution is -0.657. The molecule has 1 unspecified atom stereocenters. The average molecular weight is 641 g/mol. The molecule has 2 aliphatic rings. The summed E-state index contributed by atoms with van der Waals surface area (Å²) in [6.45, 7) is -0.122. The molecule has 1 aliphatic carbocycles. The second kappa shape index (κ2) is 11.7. The first-order valence-electron chi connectivity index (χ1n) is 15.5. The van der Waals surface area contributed by atoms with Gasteiger partial charge in [0.25, 0.3) is 5.01 Å². The van der Waals surface area contributed by atoms with Gasteiger partial charge in [0.15, 0.2) is 5.75 Å². The zero-order valence-electron chi connectivity index (χ0n) is 25.6. The van der Waals surface area contributed by atoms with E-state index in [9.17, 15) is 14.3 Å². The van der Waals surface area contributed by atoms with Crippen LogP contribution >= 0.6 is 11.3 Å².